The highest BCUT2D eigenvalue weighted by molar-refractivity contribution is 5.13. The van der Waals surface area contributed by atoms with Gasteiger partial charge in [0.05, 0.1) is 19.3 Å². The smallest absolute Gasteiger partial charge is 0.0897 e. The molecule has 0 aliphatic heterocycles. The lowest BCUT2D eigenvalue weighted by atomic mass is 9.83. The highest BCUT2D eigenvalue weighted by Gasteiger charge is 2.24. The van der Waals surface area contributed by atoms with E-state index in [-0.39, 0.29) is 12.0 Å². The largest absolute Gasteiger partial charge is 0.396 e. The van der Waals surface area contributed by atoms with Crippen LogP contribution >= 0.6 is 0 Å². The molecule has 1 atom stereocenters. The van der Waals surface area contributed by atoms with Gasteiger partial charge in [0.2, 0.25) is 0 Å². The fourth-order valence-electron chi connectivity index (χ4n) is 2.23. The first-order valence-electron chi connectivity index (χ1n) is 7.77. The second-order valence-electron chi connectivity index (χ2n) is 5.65. The second kappa shape index (κ2) is 9.90. The van der Waals surface area contributed by atoms with E-state index in [1.54, 1.807) is 0 Å². The second-order valence-corrected chi connectivity index (χ2v) is 5.65. The van der Waals surface area contributed by atoms with Gasteiger partial charge < -0.3 is 20.3 Å². The molecule has 0 bridgehead atoms. The minimum Gasteiger partial charge on any atom is -0.396 e. The van der Waals surface area contributed by atoms with Gasteiger partial charge in [-0.2, -0.15) is 0 Å². The van der Waals surface area contributed by atoms with E-state index >= 15 is 0 Å². The van der Waals surface area contributed by atoms with Crippen LogP contribution in [-0.4, -0.2) is 42.6 Å². The van der Waals surface area contributed by atoms with Crippen LogP contribution in [0.2, 0.25) is 0 Å². The zero-order chi connectivity index (χ0) is 15.6. The molecular weight excluding hydrogens is 266 g/mol. The Bertz CT molecular complexity index is 357. The van der Waals surface area contributed by atoms with E-state index in [9.17, 15) is 10.2 Å². The van der Waals surface area contributed by atoms with Crippen molar-refractivity contribution in [2.75, 3.05) is 26.3 Å². The summed E-state index contributed by atoms with van der Waals surface area (Å²) in [4.78, 5) is 0. The number of benzene rings is 1. The third kappa shape index (κ3) is 6.57. The van der Waals surface area contributed by atoms with Gasteiger partial charge in [-0.05, 0) is 18.4 Å². The summed E-state index contributed by atoms with van der Waals surface area (Å²) in [5.41, 5.74) is 1.03. The Kier molecular flexibility index (Phi) is 8.54. The zero-order valence-electron chi connectivity index (χ0n) is 13.2. The van der Waals surface area contributed by atoms with Crippen molar-refractivity contribution in [2.24, 2.45) is 5.41 Å². The topological polar surface area (TPSA) is 61.7 Å². The third-order valence-electron chi connectivity index (χ3n) is 4.14. The Balaban J connectivity index is 2.18. The summed E-state index contributed by atoms with van der Waals surface area (Å²) < 4.78 is 5.50. The molecular formula is C17H29NO3. The SMILES string of the molecule is CCC(CC)(CO)CNCC(O)COCc1ccccc1. The highest BCUT2D eigenvalue weighted by Crippen LogP contribution is 2.24. The zero-order valence-corrected chi connectivity index (χ0v) is 13.2. The Morgan fingerprint density at radius 3 is 2.43 bits per heavy atom. The van der Waals surface area contributed by atoms with E-state index in [1.165, 1.54) is 0 Å². The molecule has 0 aromatic heterocycles. The first kappa shape index (κ1) is 18.1. The molecule has 1 aromatic rings. The van der Waals surface area contributed by atoms with Gasteiger partial charge in [0.1, 0.15) is 0 Å². The molecule has 0 aliphatic rings. The number of nitrogens with one attached hydrogen (secondary N) is 1. The molecule has 4 heteroatoms. The van der Waals surface area contributed by atoms with Crippen LogP contribution in [0.1, 0.15) is 32.3 Å². The lowest BCUT2D eigenvalue weighted by Gasteiger charge is -2.30. The minimum atomic E-state index is -0.529. The Morgan fingerprint density at radius 2 is 1.86 bits per heavy atom. The van der Waals surface area contributed by atoms with Crippen molar-refractivity contribution in [2.45, 2.75) is 39.4 Å². The van der Waals surface area contributed by atoms with E-state index in [0.29, 0.717) is 26.3 Å². The summed E-state index contributed by atoms with van der Waals surface area (Å²) in [5.74, 6) is 0. The maximum absolute atomic E-state index is 9.89. The van der Waals surface area contributed by atoms with Gasteiger partial charge >= 0.3 is 0 Å². The Hall–Kier alpha value is -0.940. The van der Waals surface area contributed by atoms with Crippen LogP contribution in [0, 0.1) is 5.41 Å². The van der Waals surface area contributed by atoms with Crippen molar-refractivity contribution in [3.63, 3.8) is 0 Å². The lowest BCUT2D eigenvalue weighted by molar-refractivity contribution is 0.0257. The molecule has 0 aliphatic carbocycles. The number of hydrogen-bond acceptors (Lipinski definition) is 4. The lowest BCUT2D eigenvalue weighted by Crippen LogP contribution is -2.40. The molecule has 1 rings (SSSR count). The molecule has 0 amide bonds. The molecule has 0 saturated heterocycles. The van der Waals surface area contributed by atoms with Gasteiger partial charge in [-0.3, -0.25) is 0 Å². The van der Waals surface area contributed by atoms with E-state index < -0.39 is 6.10 Å². The number of hydrogen-bond donors (Lipinski definition) is 3. The van der Waals surface area contributed by atoms with Crippen LogP contribution < -0.4 is 5.32 Å². The summed E-state index contributed by atoms with van der Waals surface area (Å²) in [6.07, 6.45) is 1.32. The van der Waals surface area contributed by atoms with Crippen molar-refractivity contribution in [1.82, 2.24) is 5.32 Å². The molecule has 120 valence electrons. The van der Waals surface area contributed by atoms with Crippen LogP contribution in [0.15, 0.2) is 30.3 Å². The van der Waals surface area contributed by atoms with Crippen LogP contribution in [0.25, 0.3) is 0 Å². The van der Waals surface area contributed by atoms with Gasteiger partial charge in [-0.15, -0.1) is 0 Å². The molecule has 3 N–H and O–H groups in total. The fraction of sp³-hybridized carbons (Fsp3) is 0.647. The molecule has 0 saturated carbocycles. The van der Waals surface area contributed by atoms with E-state index in [2.05, 4.69) is 19.2 Å². The van der Waals surface area contributed by atoms with Crippen LogP contribution in [0.3, 0.4) is 0 Å². The van der Waals surface area contributed by atoms with Gasteiger partial charge in [0, 0.05) is 25.1 Å². The van der Waals surface area contributed by atoms with Crippen LogP contribution in [0.4, 0.5) is 0 Å². The van der Waals surface area contributed by atoms with Crippen molar-refractivity contribution >= 4 is 0 Å². The van der Waals surface area contributed by atoms with Gasteiger partial charge in [-0.1, -0.05) is 44.2 Å². The standard InChI is InChI=1S/C17H29NO3/c1-3-17(4-2,14-19)13-18-10-16(20)12-21-11-15-8-6-5-7-9-15/h5-9,16,18-20H,3-4,10-14H2,1-2H3. The first-order valence-corrected chi connectivity index (χ1v) is 7.77. The summed E-state index contributed by atoms with van der Waals surface area (Å²) in [6.45, 7) is 6.37. The van der Waals surface area contributed by atoms with Gasteiger partial charge in [0.25, 0.3) is 0 Å². The van der Waals surface area contributed by atoms with E-state index in [1.807, 2.05) is 30.3 Å². The summed E-state index contributed by atoms with van der Waals surface area (Å²) >= 11 is 0. The van der Waals surface area contributed by atoms with Gasteiger partial charge in [-0.25, -0.2) is 0 Å². The minimum absolute atomic E-state index is 0.0788. The van der Waals surface area contributed by atoms with E-state index in [4.69, 9.17) is 4.74 Å². The summed E-state index contributed by atoms with van der Waals surface area (Å²) in [7, 11) is 0. The molecule has 0 spiro atoms. The molecule has 0 heterocycles. The molecule has 0 radical (unpaired) electrons. The van der Waals surface area contributed by atoms with Crippen molar-refractivity contribution in [3.05, 3.63) is 35.9 Å². The Labute approximate surface area is 128 Å². The normalized spacial score (nSPS) is 13.3. The Morgan fingerprint density at radius 1 is 1.19 bits per heavy atom. The van der Waals surface area contributed by atoms with Crippen molar-refractivity contribution in [3.8, 4) is 0 Å². The quantitative estimate of drug-likeness (QED) is 0.584. The first-order chi connectivity index (χ1) is 10.2. The van der Waals surface area contributed by atoms with Crippen molar-refractivity contribution in [1.29, 1.82) is 0 Å². The summed E-state index contributed by atoms with van der Waals surface area (Å²) in [6, 6.07) is 9.92. The highest BCUT2D eigenvalue weighted by atomic mass is 16.5. The number of aliphatic hydroxyl groups excluding tert-OH is 2. The maximum atomic E-state index is 9.89. The van der Waals surface area contributed by atoms with Gasteiger partial charge in [0.15, 0.2) is 0 Å². The molecule has 4 nitrogen and oxygen atoms in total. The predicted octanol–water partition coefficient (Wildman–Crippen LogP) is 1.95. The number of rotatable bonds is 11. The number of aliphatic hydroxyl groups is 2. The number of ether oxygens (including phenoxy) is 1. The summed E-state index contributed by atoms with van der Waals surface area (Å²) in [5, 5.41) is 22.6. The molecule has 0 fully saturated rings. The third-order valence-corrected chi connectivity index (χ3v) is 4.14. The van der Waals surface area contributed by atoms with Crippen LogP contribution in [0.5, 0.6) is 0 Å². The van der Waals surface area contributed by atoms with Crippen LogP contribution in [-0.2, 0) is 11.3 Å². The monoisotopic (exact) mass is 295 g/mol. The predicted molar refractivity (Wildman–Crippen MR) is 85.1 cm³/mol. The molecule has 21 heavy (non-hydrogen) atoms. The molecule has 1 unspecified atom stereocenters. The van der Waals surface area contributed by atoms with Crippen molar-refractivity contribution < 1.29 is 14.9 Å². The average molecular weight is 295 g/mol. The fourth-order valence-corrected chi connectivity index (χ4v) is 2.23. The van der Waals surface area contributed by atoms with E-state index in [0.717, 1.165) is 18.4 Å². The average Bonchev–Trinajstić information content (AvgIpc) is 2.53. The molecule has 1 aromatic carbocycles. The maximum Gasteiger partial charge on any atom is 0.0897 e.